The summed E-state index contributed by atoms with van der Waals surface area (Å²) in [5, 5.41) is 7.23. The van der Waals surface area contributed by atoms with Gasteiger partial charge in [0.15, 0.2) is 5.71 Å². The molecule has 0 heterocycles. The van der Waals surface area contributed by atoms with Gasteiger partial charge in [0.25, 0.3) is 5.91 Å². The third kappa shape index (κ3) is 4.40. The molecule has 24 heavy (non-hydrogen) atoms. The monoisotopic (exact) mass is 366 g/mol. The van der Waals surface area contributed by atoms with Crippen molar-refractivity contribution in [3.63, 3.8) is 0 Å². The molecule has 0 bridgehead atoms. The molecule has 0 aromatic heterocycles. The number of benzene rings is 2. The second-order valence-electron chi connectivity index (χ2n) is 4.72. The van der Waals surface area contributed by atoms with E-state index >= 15 is 0 Å². The fraction of sp³-hybridized carbons (Fsp3) is 0.176. The van der Waals surface area contributed by atoms with E-state index in [2.05, 4.69) is 10.5 Å². The van der Waals surface area contributed by atoms with Crippen LogP contribution in [0.2, 0.25) is 10.0 Å². The molecular weight excluding hydrogens is 351 g/mol. The Morgan fingerprint density at radius 1 is 1.17 bits per heavy atom. The quantitative estimate of drug-likeness (QED) is 0.626. The van der Waals surface area contributed by atoms with Gasteiger partial charge in [0.05, 0.1) is 10.0 Å². The van der Waals surface area contributed by atoms with Crippen molar-refractivity contribution in [2.24, 2.45) is 5.16 Å². The summed E-state index contributed by atoms with van der Waals surface area (Å²) in [6.45, 7) is 0.230. The van der Waals surface area contributed by atoms with Crippen molar-refractivity contribution in [2.45, 2.75) is 6.61 Å². The van der Waals surface area contributed by atoms with Gasteiger partial charge < -0.3 is 14.9 Å². The highest BCUT2D eigenvalue weighted by molar-refractivity contribution is 6.45. The van der Waals surface area contributed by atoms with Crippen LogP contribution >= 0.6 is 23.2 Å². The molecule has 1 N–H and O–H groups in total. The lowest BCUT2D eigenvalue weighted by atomic mass is 10.0. The van der Waals surface area contributed by atoms with Gasteiger partial charge >= 0.3 is 0 Å². The van der Waals surface area contributed by atoms with E-state index < -0.39 is 0 Å². The van der Waals surface area contributed by atoms with Crippen LogP contribution in [0.3, 0.4) is 0 Å². The number of carbonyl (C=O) groups is 1. The zero-order chi connectivity index (χ0) is 17.5. The highest BCUT2D eigenvalue weighted by Gasteiger charge is 2.17. The summed E-state index contributed by atoms with van der Waals surface area (Å²) >= 11 is 11.9. The van der Waals surface area contributed by atoms with Crippen molar-refractivity contribution in [1.82, 2.24) is 5.32 Å². The van der Waals surface area contributed by atoms with Crippen LogP contribution in [0.15, 0.2) is 47.6 Å². The molecule has 7 heteroatoms. The number of ether oxygens (including phenoxy) is 1. The molecule has 2 rings (SSSR count). The number of hydrogen-bond donors (Lipinski definition) is 1. The predicted molar refractivity (Wildman–Crippen MR) is 94.8 cm³/mol. The number of carbonyl (C=O) groups excluding carboxylic acids is 1. The minimum absolute atomic E-state index is 0.174. The molecule has 126 valence electrons. The van der Waals surface area contributed by atoms with Crippen LogP contribution in [0.1, 0.15) is 11.1 Å². The zero-order valence-corrected chi connectivity index (χ0v) is 14.7. The Morgan fingerprint density at radius 2 is 1.92 bits per heavy atom. The van der Waals surface area contributed by atoms with E-state index in [-0.39, 0.29) is 18.2 Å². The van der Waals surface area contributed by atoms with Crippen molar-refractivity contribution in [1.29, 1.82) is 0 Å². The average molecular weight is 367 g/mol. The summed E-state index contributed by atoms with van der Waals surface area (Å²) in [5.41, 5.74) is 1.58. The molecule has 1 amide bonds. The average Bonchev–Trinajstić information content (AvgIpc) is 2.60. The number of halogens is 2. The molecule has 5 nitrogen and oxygen atoms in total. The second kappa shape index (κ2) is 8.57. The van der Waals surface area contributed by atoms with E-state index in [9.17, 15) is 4.79 Å². The largest absolute Gasteiger partial charge is 0.489 e. The fourth-order valence-electron chi connectivity index (χ4n) is 2.03. The van der Waals surface area contributed by atoms with Gasteiger partial charge in [-0.2, -0.15) is 0 Å². The van der Waals surface area contributed by atoms with Crippen LogP contribution in [-0.2, 0) is 16.2 Å². The van der Waals surface area contributed by atoms with Gasteiger partial charge in [-0.3, -0.25) is 4.79 Å². The smallest absolute Gasteiger partial charge is 0.273 e. The second-order valence-corrected chi connectivity index (χ2v) is 5.54. The van der Waals surface area contributed by atoms with Gasteiger partial charge in [0.2, 0.25) is 0 Å². The van der Waals surface area contributed by atoms with Crippen LogP contribution in [-0.4, -0.2) is 25.8 Å². The molecule has 2 aromatic rings. The Bertz CT molecular complexity index is 763. The Labute approximate surface area is 150 Å². The van der Waals surface area contributed by atoms with Gasteiger partial charge in [-0.25, -0.2) is 0 Å². The lowest BCUT2D eigenvalue weighted by molar-refractivity contribution is -0.114. The normalized spacial score (nSPS) is 11.1. The minimum atomic E-state index is -0.348. The molecule has 0 atom stereocenters. The Balaban J connectivity index is 2.26. The highest BCUT2D eigenvalue weighted by Crippen LogP contribution is 2.27. The van der Waals surface area contributed by atoms with Crippen LogP contribution < -0.4 is 10.1 Å². The van der Waals surface area contributed by atoms with Crippen molar-refractivity contribution in [2.75, 3.05) is 14.2 Å². The molecule has 0 aliphatic carbocycles. The molecular formula is C17H16Cl2N2O3. The van der Waals surface area contributed by atoms with Crippen molar-refractivity contribution >= 4 is 34.8 Å². The molecule has 0 unspecified atom stereocenters. The Hall–Kier alpha value is -2.24. The van der Waals surface area contributed by atoms with E-state index in [4.69, 9.17) is 32.8 Å². The number of oxime groups is 1. The van der Waals surface area contributed by atoms with Gasteiger partial charge in [-0.15, -0.1) is 0 Å². The van der Waals surface area contributed by atoms with Gasteiger partial charge in [0.1, 0.15) is 19.5 Å². The first-order valence-corrected chi connectivity index (χ1v) is 7.81. The lowest BCUT2D eigenvalue weighted by Crippen LogP contribution is -2.29. The van der Waals surface area contributed by atoms with E-state index in [0.717, 1.165) is 5.56 Å². The van der Waals surface area contributed by atoms with E-state index in [1.165, 1.54) is 14.2 Å². The van der Waals surface area contributed by atoms with Crippen molar-refractivity contribution in [3.8, 4) is 5.75 Å². The molecule has 0 fully saturated rings. The van der Waals surface area contributed by atoms with Gasteiger partial charge in [0, 0.05) is 18.7 Å². The van der Waals surface area contributed by atoms with Gasteiger partial charge in [-0.05, 0) is 17.7 Å². The highest BCUT2D eigenvalue weighted by atomic mass is 35.5. The van der Waals surface area contributed by atoms with Crippen LogP contribution in [0.5, 0.6) is 5.75 Å². The van der Waals surface area contributed by atoms with E-state index in [1.807, 2.05) is 18.2 Å². The molecule has 0 saturated carbocycles. The summed E-state index contributed by atoms with van der Waals surface area (Å²) in [6, 6.07) is 12.3. The zero-order valence-electron chi connectivity index (χ0n) is 13.2. The molecule has 0 aliphatic rings. The molecule has 0 aliphatic heterocycles. The fourth-order valence-corrected chi connectivity index (χ4v) is 2.32. The topological polar surface area (TPSA) is 59.9 Å². The standard InChI is InChI=1S/C17H16Cl2N2O3/c1-20-17(22)16(21-23-2)13-6-4-3-5-11(13)10-24-12-7-8-14(18)15(19)9-12/h3-9H,10H2,1-2H3,(H,20,22). The first-order valence-electron chi connectivity index (χ1n) is 7.06. The third-order valence-corrected chi connectivity index (χ3v) is 3.92. The maximum atomic E-state index is 12.0. The van der Waals surface area contributed by atoms with E-state index in [0.29, 0.717) is 21.4 Å². The maximum Gasteiger partial charge on any atom is 0.273 e. The number of amides is 1. The summed E-state index contributed by atoms with van der Waals surface area (Å²) in [6.07, 6.45) is 0. The number of hydrogen-bond acceptors (Lipinski definition) is 4. The maximum absolute atomic E-state index is 12.0. The van der Waals surface area contributed by atoms with Crippen LogP contribution in [0.25, 0.3) is 0 Å². The first-order chi connectivity index (χ1) is 11.6. The summed E-state index contributed by atoms with van der Waals surface area (Å²) in [4.78, 5) is 16.8. The van der Waals surface area contributed by atoms with E-state index in [1.54, 1.807) is 24.3 Å². The molecule has 0 radical (unpaired) electrons. The number of nitrogens with one attached hydrogen (secondary N) is 1. The Kier molecular flexibility index (Phi) is 6.46. The lowest BCUT2D eigenvalue weighted by Gasteiger charge is -2.12. The third-order valence-electron chi connectivity index (χ3n) is 3.18. The summed E-state index contributed by atoms with van der Waals surface area (Å²) in [7, 11) is 2.92. The Morgan fingerprint density at radius 3 is 2.58 bits per heavy atom. The summed E-state index contributed by atoms with van der Waals surface area (Å²) in [5.74, 6) is 0.225. The SMILES string of the molecule is CNC(=O)C(=NOC)c1ccccc1COc1ccc(Cl)c(Cl)c1. The van der Waals surface area contributed by atoms with Crippen LogP contribution in [0, 0.1) is 0 Å². The first kappa shape index (κ1) is 18.1. The van der Waals surface area contributed by atoms with Crippen molar-refractivity contribution < 1.29 is 14.4 Å². The number of likely N-dealkylation sites (N-methyl/N-ethyl adjacent to an activating group) is 1. The molecule has 0 spiro atoms. The number of rotatable bonds is 6. The molecule has 2 aromatic carbocycles. The minimum Gasteiger partial charge on any atom is -0.489 e. The summed E-state index contributed by atoms with van der Waals surface area (Å²) < 4.78 is 5.74. The van der Waals surface area contributed by atoms with Crippen LogP contribution in [0.4, 0.5) is 0 Å². The van der Waals surface area contributed by atoms with Gasteiger partial charge in [-0.1, -0.05) is 52.6 Å². The van der Waals surface area contributed by atoms with Crippen molar-refractivity contribution in [3.05, 3.63) is 63.6 Å². The number of nitrogens with zero attached hydrogens (tertiary/aromatic N) is 1. The molecule has 0 saturated heterocycles. The predicted octanol–water partition coefficient (Wildman–Crippen LogP) is 3.67.